The molecular formula is C27H26Cl2F4N4O6. The molecule has 0 aliphatic carbocycles. The first-order chi connectivity index (χ1) is 20.2. The third-order valence-electron chi connectivity index (χ3n) is 6.66. The average Bonchev–Trinajstić information content (AvgIpc) is 3.60. The van der Waals surface area contributed by atoms with Crippen molar-refractivity contribution in [3.8, 4) is 0 Å². The molecule has 2 aliphatic heterocycles. The largest absolute Gasteiger partial charge is 0.479 e. The van der Waals surface area contributed by atoms with Gasteiger partial charge in [0.25, 0.3) is 11.5 Å². The summed E-state index contributed by atoms with van der Waals surface area (Å²) in [6.45, 7) is 3.17. The van der Waals surface area contributed by atoms with Crippen LogP contribution in [0.2, 0.25) is 10.0 Å². The summed E-state index contributed by atoms with van der Waals surface area (Å²) in [5.41, 5.74) is -2.82. The van der Waals surface area contributed by atoms with Gasteiger partial charge in [0.05, 0.1) is 28.8 Å². The zero-order valence-electron chi connectivity index (χ0n) is 23.3. The first-order valence-corrected chi connectivity index (χ1v) is 13.5. The van der Waals surface area contributed by atoms with E-state index in [0.717, 1.165) is 17.0 Å². The maximum Gasteiger partial charge on any atom is 0.435 e. The molecule has 232 valence electrons. The van der Waals surface area contributed by atoms with E-state index in [0.29, 0.717) is 12.2 Å². The monoisotopic (exact) mass is 648 g/mol. The van der Waals surface area contributed by atoms with Crippen LogP contribution in [0.15, 0.2) is 40.6 Å². The predicted octanol–water partition coefficient (Wildman–Crippen LogP) is 6.22. The lowest BCUT2D eigenvalue weighted by Gasteiger charge is -2.29. The third kappa shape index (κ3) is 6.44. The van der Waals surface area contributed by atoms with E-state index in [-0.39, 0.29) is 29.2 Å². The number of carbonyl (C=O) groups is 2. The molecule has 2 aromatic carbocycles. The van der Waals surface area contributed by atoms with E-state index in [1.165, 1.54) is 37.2 Å². The van der Waals surface area contributed by atoms with Gasteiger partial charge in [0.2, 0.25) is 12.1 Å². The number of benzene rings is 2. The highest BCUT2D eigenvalue weighted by Gasteiger charge is 2.62. The van der Waals surface area contributed by atoms with Crippen molar-refractivity contribution < 1.29 is 46.3 Å². The Hall–Kier alpha value is -3.78. The number of hydrogen-bond donors (Lipinski definition) is 0. The van der Waals surface area contributed by atoms with Crippen LogP contribution in [-0.2, 0) is 24.7 Å². The van der Waals surface area contributed by atoms with Crippen LogP contribution in [0.5, 0.6) is 0 Å². The van der Waals surface area contributed by atoms with Gasteiger partial charge in [-0.15, -0.1) is 0 Å². The molecule has 16 heteroatoms. The molecule has 0 N–H and O–H groups in total. The van der Waals surface area contributed by atoms with Crippen molar-refractivity contribution in [3.05, 3.63) is 68.4 Å². The highest BCUT2D eigenvalue weighted by atomic mass is 35.5. The SMILES string of the molecule is CCOC1=NOC(N(COC(=O)N(C)C)C(=O)c2ccc(C3=NO[C@@](c4cc(Cl)c(F)c(Cl)c4)(C(F)(F)F)C3)cc2C)C1. The van der Waals surface area contributed by atoms with Gasteiger partial charge in [-0.05, 0) is 54.4 Å². The number of aryl methyl sites for hydroxylation is 1. The van der Waals surface area contributed by atoms with Crippen LogP contribution < -0.4 is 0 Å². The number of alkyl halides is 3. The number of hydrogen-bond acceptors (Lipinski definition) is 8. The maximum atomic E-state index is 14.4. The summed E-state index contributed by atoms with van der Waals surface area (Å²) < 4.78 is 67.7. The Bertz CT molecular complexity index is 1460. The van der Waals surface area contributed by atoms with E-state index in [2.05, 4.69) is 10.3 Å². The van der Waals surface area contributed by atoms with Gasteiger partial charge in [0.1, 0.15) is 0 Å². The molecule has 0 aromatic heterocycles. The van der Waals surface area contributed by atoms with Crippen LogP contribution in [0.1, 0.15) is 46.8 Å². The third-order valence-corrected chi connectivity index (χ3v) is 7.21. The molecule has 0 saturated carbocycles. The number of ether oxygens (including phenoxy) is 2. The fourth-order valence-corrected chi connectivity index (χ4v) is 4.86. The molecule has 0 spiro atoms. The van der Waals surface area contributed by atoms with Crippen molar-refractivity contribution in [2.45, 2.75) is 44.7 Å². The summed E-state index contributed by atoms with van der Waals surface area (Å²) in [5.74, 6) is -1.40. The number of oxime groups is 2. The van der Waals surface area contributed by atoms with Gasteiger partial charge in [-0.2, -0.15) is 13.2 Å². The fraction of sp³-hybridized carbons (Fsp3) is 0.407. The van der Waals surface area contributed by atoms with E-state index in [1.54, 1.807) is 13.8 Å². The standard InChI is InChI=1S/C27H26Cl2F4N4O6/c1-5-40-21-11-22(42-35-21)37(13-41-25(39)36(3)4)24(38)17-7-6-15(8-14(17)2)20-12-26(43-34-20,27(31,32)33)16-9-18(28)23(30)19(29)10-16/h6-10,22H,5,11-13H2,1-4H3/t22?,26-/m0/s1. The molecule has 2 amide bonds. The van der Waals surface area contributed by atoms with E-state index in [4.69, 9.17) is 42.4 Å². The van der Waals surface area contributed by atoms with Crippen molar-refractivity contribution in [1.82, 2.24) is 9.80 Å². The first-order valence-electron chi connectivity index (χ1n) is 12.8. The molecule has 0 fully saturated rings. The topological polar surface area (TPSA) is 102 Å². The molecule has 0 saturated heterocycles. The second-order valence-corrected chi connectivity index (χ2v) is 10.6. The van der Waals surface area contributed by atoms with Crippen molar-refractivity contribution in [2.24, 2.45) is 10.3 Å². The van der Waals surface area contributed by atoms with Crippen LogP contribution in [0, 0.1) is 12.7 Å². The van der Waals surface area contributed by atoms with Gasteiger partial charge in [-0.3, -0.25) is 9.69 Å². The fourth-order valence-electron chi connectivity index (χ4n) is 4.37. The van der Waals surface area contributed by atoms with Crippen LogP contribution in [-0.4, -0.2) is 73.2 Å². The van der Waals surface area contributed by atoms with Gasteiger partial charge in [-0.1, -0.05) is 34.4 Å². The molecule has 4 rings (SSSR count). The molecule has 10 nitrogen and oxygen atoms in total. The van der Waals surface area contributed by atoms with Crippen LogP contribution in [0.4, 0.5) is 22.4 Å². The maximum absolute atomic E-state index is 14.4. The van der Waals surface area contributed by atoms with Gasteiger partial charge in [0, 0.05) is 31.6 Å². The normalized spacial score (nSPS) is 19.6. The van der Waals surface area contributed by atoms with E-state index < -0.39 is 64.6 Å². The molecule has 2 aromatic rings. The van der Waals surface area contributed by atoms with Crippen molar-refractivity contribution in [2.75, 3.05) is 27.4 Å². The zero-order chi connectivity index (χ0) is 31.7. The van der Waals surface area contributed by atoms with Crippen LogP contribution in [0.3, 0.4) is 0 Å². The number of carbonyl (C=O) groups excluding carboxylic acids is 2. The summed E-state index contributed by atoms with van der Waals surface area (Å²) in [4.78, 5) is 38.4. The zero-order valence-corrected chi connectivity index (χ0v) is 24.8. The number of amides is 2. The van der Waals surface area contributed by atoms with Crippen LogP contribution >= 0.6 is 23.2 Å². The molecule has 0 radical (unpaired) electrons. The highest BCUT2D eigenvalue weighted by Crippen LogP contribution is 2.50. The molecule has 43 heavy (non-hydrogen) atoms. The molecule has 2 aliphatic rings. The quantitative estimate of drug-likeness (QED) is 0.201. The average molecular weight is 649 g/mol. The Morgan fingerprint density at radius 2 is 1.81 bits per heavy atom. The first kappa shape index (κ1) is 32.1. The lowest BCUT2D eigenvalue weighted by atomic mass is 9.86. The van der Waals surface area contributed by atoms with Gasteiger partial charge < -0.3 is 24.0 Å². The Balaban J connectivity index is 1.60. The molecule has 2 atom stereocenters. The van der Waals surface area contributed by atoms with Crippen molar-refractivity contribution in [3.63, 3.8) is 0 Å². The summed E-state index contributed by atoms with van der Waals surface area (Å²) in [6, 6.07) is 5.86. The lowest BCUT2D eigenvalue weighted by Crippen LogP contribution is -2.43. The van der Waals surface area contributed by atoms with Crippen molar-refractivity contribution in [1.29, 1.82) is 0 Å². The van der Waals surface area contributed by atoms with Gasteiger partial charge in [-0.25, -0.2) is 9.18 Å². The van der Waals surface area contributed by atoms with Gasteiger partial charge in [0.15, 0.2) is 12.5 Å². The van der Waals surface area contributed by atoms with Crippen molar-refractivity contribution >= 4 is 46.8 Å². The second-order valence-electron chi connectivity index (χ2n) is 9.81. The van der Waals surface area contributed by atoms with E-state index >= 15 is 0 Å². The Labute approximate surface area is 253 Å². The van der Waals surface area contributed by atoms with Crippen LogP contribution in [0.25, 0.3) is 0 Å². The summed E-state index contributed by atoms with van der Waals surface area (Å²) in [5, 5.41) is 6.31. The summed E-state index contributed by atoms with van der Waals surface area (Å²) in [7, 11) is 2.95. The number of halogens is 6. The predicted molar refractivity (Wildman–Crippen MR) is 147 cm³/mol. The number of nitrogens with zero attached hydrogens (tertiary/aromatic N) is 4. The minimum Gasteiger partial charge on any atom is -0.479 e. The molecule has 0 bridgehead atoms. The molecule has 1 unspecified atom stereocenters. The smallest absolute Gasteiger partial charge is 0.435 e. The number of rotatable bonds is 7. The van der Waals surface area contributed by atoms with E-state index in [9.17, 15) is 27.2 Å². The lowest BCUT2D eigenvalue weighted by molar-refractivity contribution is -0.275. The summed E-state index contributed by atoms with van der Waals surface area (Å²) in [6.07, 6.45) is -7.31. The minimum atomic E-state index is -4.98. The second kappa shape index (κ2) is 12.4. The van der Waals surface area contributed by atoms with Gasteiger partial charge >= 0.3 is 12.3 Å². The highest BCUT2D eigenvalue weighted by molar-refractivity contribution is 6.35. The Kier molecular flexibility index (Phi) is 9.30. The van der Waals surface area contributed by atoms with E-state index in [1.807, 2.05) is 0 Å². The Morgan fingerprint density at radius 1 is 1.14 bits per heavy atom. The molecule has 2 heterocycles. The minimum absolute atomic E-state index is 0.0818. The Morgan fingerprint density at radius 3 is 2.40 bits per heavy atom. The molecular weight excluding hydrogens is 623 g/mol. The summed E-state index contributed by atoms with van der Waals surface area (Å²) >= 11 is 11.5.